The topological polar surface area (TPSA) is 36.4 Å². The van der Waals surface area contributed by atoms with Crippen LogP contribution in [0.25, 0.3) is 0 Å². The van der Waals surface area contributed by atoms with Crippen LogP contribution in [-0.2, 0) is 6.61 Å². The SMILES string of the molecule is OCc1sc(N2CCC3(CCCCC3)CC2)nc1Cl. The van der Waals surface area contributed by atoms with Gasteiger partial charge in [0.25, 0.3) is 0 Å². The lowest BCUT2D eigenvalue weighted by Gasteiger charge is -2.44. The molecule has 3 rings (SSSR count). The van der Waals surface area contributed by atoms with Crippen molar-refractivity contribution in [2.45, 2.75) is 51.6 Å². The molecule has 1 aliphatic carbocycles. The van der Waals surface area contributed by atoms with E-state index in [1.807, 2.05) is 0 Å². The zero-order valence-electron chi connectivity index (χ0n) is 11.2. The van der Waals surface area contributed by atoms with Gasteiger partial charge in [-0.15, -0.1) is 0 Å². The summed E-state index contributed by atoms with van der Waals surface area (Å²) in [6.45, 7) is 2.18. The standard InChI is InChI=1S/C14H21ClN2OS/c15-12-11(10-18)19-13(16-12)17-8-6-14(7-9-17)4-2-1-3-5-14/h18H,1-10H2. The average Bonchev–Trinajstić information content (AvgIpc) is 2.82. The number of hydrogen-bond acceptors (Lipinski definition) is 4. The van der Waals surface area contributed by atoms with Gasteiger partial charge in [0.1, 0.15) is 5.15 Å². The van der Waals surface area contributed by atoms with Gasteiger partial charge in [0.2, 0.25) is 0 Å². The number of nitrogens with zero attached hydrogens (tertiary/aromatic N) is 2. The van der Waals surface area contributed by atoms with Gasteiger partial charge in [-0.25, -0.2) is 4.98 Å². The maximum absolute atomic E-state index is 9.20. The van der Waals surface area contributed by atoms with Crippen molar-refractivity contribution in [3.63, 3.8) is 0 Å². The van der Waals surface area contributed by atoms with E-state index in [0.717, 1.165) is 23.1 Å². The Morgan fingerprint density at radius 1 is 1.16 bits per heavy atom. The van der Waals surface area contributed by atoms with E-state index in [4.69, 9.17) is 11.6 Å². The Labute approximate surface area is 123 Å². The van der Waals surface area contributed by atoms with E-state index in [0.29, 0.717) is 10.6 Å². The summed E-state index contributed by atoms with van der Waals surface area (Å²) in [5.74, 6) is 0. The quantitative estimate of drug-likeness (QED) is 0.901. The molecule has 0 aromatic carbocycles. The molecule has 1 aliphatic heterocycles. The van der Waals surface area contributed by atoms with Gasteiger partial charge in [0.05, 0.1) is 11.5 Å². The molecule has 1 aromatic rings. The molecule has 1 spiro atoms. The molecule has 2 heterocycles. The first-order chi connectivity index (χ1) is 9.22. The van der Waals surface area contributed by atoms with Gasteiger partial charge in [-0.2, -0.15) is 0 Å². The van der Waals surface area contributed by atoms with Crippen LogP contribution >= 0.6 is 22.9 Å². The molecular weight excluding hydrogens is 280 g/mol. The molecule has 1 saturated heterocycles. The Hall–Kier alpha value is -0.320. The maximum Gasteiger partial charge on any atom is 0.187 e. The highest BCUT2D eigenvalue weighted by Crippen LogP contribution is 2.45. The first-order valence-electron chi connectivity index (χ1n) is 7.23. The van der Waals surface area contributed by atoms with Crippen LogP contribution in [0, 0.1) is 5.41 Å². The molecule has 106 valence electrons. The highest BCUT2D eigenvalue weighted by atomic mass is 35.5. The van der Waals surface area contributed by atoms with Crippen molar-refractivity contribution in [2.24, 2.45) is 5.41 Å². The molecule has 1 saturated carbocycles. The second-order valence-electron chi connectivity index (χ2n) is 5.92. The number of hydrogen-bond donors (Lipinski definition) is 1. The van der Waals surface area contributed by atoms with Crippen LogP contribution in [0.5, 0.6) is 0 Å². The molecule has 2 aliphatic rings. The van der Waals surface area contributed by atoms with Gasteiger partial charge >= 0.3 is 0 Å². The molecule has 1 aromatic heterocycles. The lowest BCUT2D eigenvalue weighted by Crippen LogP contribution is -2.41. The van der Waals surface area contributed by atoms with Crippen molar-refractivity contribution in [1.29, 1.82) is 0 Å². The molecule has 5 heteroatoms. The molecule has 3 nitrogen and oxygen atoms in total. The molecule has 2 fully saturated rings. The molecule has 0 bridgehead atoms. The van der Waals surface area contributed by atoms with Crippen LogP contribution in [0.4, 0.5) is 5.13 Å². The van der Waals surface area contributed by atoms with E-state index in [2.05, 4.69) is 9.88 Å². The second kappa shape index (κ2) is 5.58. The van der Waals surface area contributed by atoms with Crippen molar-refractivity contribution in [3.05, 3.63) is 10.0 Å². The van der Waals surface area contributed by atoms with Gasteiger partial charge < -0.3 is 10.0 Å². The molecule has 0 amide bonds. The summed E-state index contributed by atoms with van der Waals surface area (Å²) in [6.07, 6.45) is 9.67. The fourth-order valence-electron chi connectivity index (χ4n) is 3.53. The number of halogens is 1. The molecular formula is C14H21ClN2OS. The Balaban J connectivity index is 1.65. The molecule has 19 heavy (non-hydrogen) atoms. The molecule has 0 radical (unpaired) electrons. The lowest BCUT2D eigenvalue weighted by molar-refractivity contribution is 0.144. The highest BCUT2D eigenvalue weighted by molar-refractivity contribution is 7.16. The van der Waals surface area contributed by atoms with Crippen LogP contribution < -0.4 is 4.90 Å². The number of piperidine rings is 1. The zero-order valence-corrected chi connectivity index (χ0v) is 12.8. The van der Waals surface area contributed by atoms with Crippen LogP contribution in [0.3, 0.4) is 0 Å². The van der Waals surface area contributed by atoms with E-state index >= 15 is 0 Å². The van der Waals surface area contributed by atoms with Crippen LogP contribution in [0.1, 0.15) is 49.8 Å². The Bertz CT molecular complexity index is 433. The van der Waals surface area contributed by atoms with E-state index < -0.39 is 0 Å². The summed E-state index contributed by atoms with van der Waals surface area (Å²) in [6, 6.07) is 0. The number of aliphatic hydroxyl groups excluding tert-OH is 1. The predicted molar refractivity (Wildman–Crippen MR) is 80.0 cm³/mol. The third kappa shape index (κ3) is 2.76. The van der Waals surface area contributed by atoms with E-state index in [1.165, 1.54) is 56.3 Å². The van der Waals surface area contributed by atoms with Crippen molar-refractivity contribution < 1.29 is 5.11 Å². The monoisotopic (exact) mass is 300 g/mol. The van der Waals surface area contributed by atoms with Gasteiger partial charge in [-0.1, -0.05) is 42.2 Å². The van der Waals surface area contributed by atoms with Crippen molar-refractivity contribution >= 4 is 28.1 Å². The van der Waals surface area contributed by atoms with Crippen molar-refractivity contribution in [2.75, 3.05) is 18.0 Å². The molecule has 1 N–H and O–H groups in total. The van der Waals surface area contributed by atoms with Gasteiger partial charge in [0, 0.05) is 13.1 Å². The van der Waals surface area contributed by atoms with E-state index in [9.17, 15) is 5.11 Å². The normalized spacial score (nSPS) is 22.9. The van der Waals surface area contributed by atoms with Crippen LogP contribution in [0.15, 0.2) is 0 Å². The first kappa shape index (κ1) is 13.7. The van der Waals surface area contributed by atoms with Crippen molar-refractivity contribution in [1.82, 2.24) is 4.98 Å². The van der Waals surface area contributed by atoms with Crippen LogP contribution in [-0.4, -0.2) is 23.2 Å². The minimum Gasteiger partial charge on any atom is -0.391 e. The largest absolute Gasteiger partial charge is 0.391 e. The van der Waals surface area contributed by atoms with Gasteiger partial charge in [-0.3, -0.25) is 0 Å². The van der Waals surface area contributed by atoms with Gasteiger partial charge in [-0.05, 0) is 31.1 Å². The van der Waals surface area contributed by atoms with Crippen molar-refractivity contribution in [3.8, 4) is 0 Å². The third-order valence-corrected chi connectivity index (χ3v) is 6.32. The number of aromatic nitrogens is 1. The molecule has 0 unspecified atom stereocenters. The summed E-state index contributed by atoms with van der Waals surface area (Å²) in [7, 11) is 0. The maximum atomic E-state index is 9.20. The number of anilines is 1. The number of aliphatic hydroxyl groups is 1. The Morgan fingerprint density at radius 2 is 1.84 bits per heavy atom. The Morgan fingerprint density at radius 3 is 2.42 bits per heavy atom. The minimum absolute atomic E-state index is 0.00568. The van der Waals surface area contributed by atoms with E-state index in [1.54, 1.807) is 0 Å². The summed E-state index contributed by atoms with van der Waals surface area (Å²) in [4.78, 5) is 7.52. The average molecular weight is 301 g/mol. The second-order valence-corrected chi connectivity index (χ2v) is 7.34. The lowest BCUT2D eigenvalue weighted by atomic mass is 9.68. The third-order valence-electron chi connectivity index (χ3n) is 4.79. The fraction of sp³-hybridized carbons (Fsp3) is 0.786. The summed E-state index contributed by atoms with van der Waals surface area (Å²) >= 11 is 7.55. The predicted octanol–water partition coefficient (Wildman–Crippen LogP) is 3.84. The van der Waals surface area contributed by atoms with Crippen LogP contribution in [0.2, 0.25) is 5.15 Å². The summed E-state index contributed by atoms with van der Waals surface area (Å²) in [5, 5.41) is 10.7. The first-order valence-corrected chi connectivity index (χ1v) is 8.43. The number of thiazole rings is 1. The highest BCUT2D eigenvalue weighted by Gasteiger charge is 2.36. The smallest absolute Gasteiger partial charge is 0.187 e. The van der Waals surface area contributed by atoms with Gasteiger partial charge in [0.15, 0.2) is 5.13 Å². The summed E-state index contributed by atoms with van der Waals surface area (Å²) in [5.41, 5.74) is 0.621. The zero-order chi connectivity index (χ0) is 13.3. The number of rotatable bonds is 2. The minimum atomic E-state index is -0.00568. The molecule has 0 atom stereocenters. The summed E-state index contributed by atoms with van der Waals surface area (Å²) < 4.78 is 0. The Kier molecular flexibility index (Phi) is 4.01. The van der Waals surface area contributed by atoms with E-state index in [-0.39, 0.29) is 6.61 Å². The fourth-order valence-corrected chi connectivity index (χ4v) is 4.70.